The van der Waals surface area contributed by atoms with E-state index in [4.69, 9.17) is 4.74 Å². The molecule has 2 amide bonds. The van der Waals surface area contributed by atoms with Crippen molar-refractivity contribution in [1.82, 2.24) is 9.80 Å². The van der Waals surface area contributed by atoms with Gasteiger partial charge in [-0.2, -0.15) is 0 Å². The van der Waals surface area contributed by atoms with E-state index in [-0.39, 0.29) is 29.7 Å². The summed E-state index contributed by atoms with van der Waals surface area (Å²) in [7, 11) is 0. The summed E-state index contributed by atoms with van der Waals surface area (Å²) < 4.78 is 19.1. The van der Waals surface area contributed by atoms with Crippen LogP contribution in [0.2, 0.25) is 0 Å². The van der Waals surface area contributed by atoms with Crippen LogP contribution in [0.3, 0.4) is 0 Å². The predicted octanol–water partition coefficient (Wildman–Crippen LogP) is 1.74. The summed E-state index contributed by atoms with van der Waals surface area (Å²) in [6, 6.07) is 6.67. The number of ether oxygens (including phenoxy) is 1. The second kappa shape index (κ2) is 6.16. The zero-order chi connectivity index (χ0) is 16.7. The van der Waals surface area contributed by atoms with Crippen LogP contribution in [-0.2, 0) is 14.3 Å². The van der Waals surface area contributed by atoms with Gasteiger partial charge in [-0.3, -0.25) is 9.59 Å². The number of hydrogen-bond acceptors (Lipinski definition) is 3. The highest BCUT2D eigenvalue weighted by molar-refractivity contribution is 5.89. The number of likely N-dealkylation sites (tertiary alicyclic amines) is 1. The lowest BCUT2D eigenvalue weighted by atomic mass is 10.0. The molecule has 0 aromatic heterocycles. The molecule has 0 radical (unpaired) electrons. The van der Waals surface area contributed by atoms with Crippen molar-refractivity contribution in [2.45, 2.75) is 31.4 Å². The smallest absolute Gasteiger partial charge is 0.228 e. The molecule has 1 aromatic rings. The van der Waals surface area contributed by atoms with E-state index < -0.39 is 0 Å². The fourth-order valence-electron chi connectivity index (χ4n) is 3.65. The van der Waals surface area contributed by atoms with Gasteiger partial charge in [0.2, 0.25) is 11.8 Å². The second-order valence-corrected chi connectivity index (χ2v) is 6.88. The van der Waals surface area contributed by atoms with Crippen molar-refractivity contribution < 1.29 is 18.7 Å². The number of halogens is 1. The minimum Gasteiger partial charge on any atom is -0.370 e. The first-order valence-electron chi connectivity index (χ1n) is 8.57. The molecule has 2 atom stereocenters. The van der Waals surface area contributed by atoms with Crippen LogP contribution in [0.15, 0.2) is 24.3 Å². The maximum Gasteiger partial charge on any atom is 0.228 e. The number of morpholine rings is 1. The van der Waals surface area contributed by atoms with Crippen molar-refractivity contribution in [2.75, 3.05) is 26.2 Å². The van der Waals surface area contributed by atoms with Crippen molar-refractivity contribution in [3.05, 3.63) is 35.6 Å². The number of carbonyl (C=O) groups excluding carboxylic acids is 2. The molecule has 2 aliphatic heterocycles. The molecule has 6 heteroatoms. The third-order valence-corrected chi connectivity index (χ3v) is 5.09. The summed E-state index contributed by atoms with van der Waals surface area (Å²) in [6.07, 6.45) is 2.13. The Labute approximate surface area is 140 Å². The van der Waals surface area contributed by atoms with E-state index in [2.05, 4.69) is 0 Å². The van der Waals surface area contributed by atoms with Crippen LogP contribution < -0.4 is 0 Å². The van der Waals surface area contributed by atoms with Crippen molar-refractivity contribution in [2.24, 2.45) is 5.92 Å². The molecule has 0 bridgehead atoms. The average Bonchev–Trinajstić information content (AvgIpc) is 3.36. The number of nitrogens with zero attached hydrogens (tertiary/aromatic N) is 2. The molecule has 1 saturated carbocycles. The van der Waals surface area contributed by atoms with Gasteiger partial charge in [-0.25, -0.2) is 4.39 Å². The fourth-order valence-corrected chi connectivity index (χ4v) is 3.65. The lowest BCUT2D eigenvalue weighted by Gasteiger charge is -2.34. The zero-order valence-electron chi connectivity index (χ0n) is 13.5. The van der Waals surface area contributed by atoms with Gasteiger partial charge in [0.15, 0.2) is 0 Å². The molecule has 3 aliphatic rings. The molecule has 1 aromatic carbocycles. The van der Waals surface area contributed by atoms with Gasteiger partial charge < -0.3 is 14.5 Å². The SMILES string of the molecule is O=C([C@@H]1CC(=O)N(C2CC2)C1)N1CCO[C@@H](c2cccc(F)c2)C1. The Kier molecular flexibility index (Phi) is 4.00. The van der Waals surface area contributed by atoms with Crippen LogP contribution in [0.4, 0.5) is 4.39 Å². The Morgan fingerprint density at radius 1 is 1.25 bits per heavy atom. The van der Waals surface area contributed by atoms with Crippen LogP contribution in [0.5, 0.6) is 0 Å². The van der Waals surface area contributed by atoms with E-state index in [0.717, 1.165) is 18.4 Å². The fraction of sp³-hybridized carbons (Fsp3) is 0.556. The van der Waals surface area contributed by atoms with Crippen LogP contribution >= 0.6 is 0 Å². The second-order valence-electron chi connectivity index (χ2n) is 6.88. The van der Waals surface area contributed by atoms with Gasteiger partial charge in [0, 0.05) is 25.6 Å². The summed E-state index contributed by atoms with van der Waals surface area (Å²) >= 11 is 0. The lowest BCUT2D eigenvalue weighted by Crippen LogP contribution is -2.45. The van der Waals surface area contributed by atoms with E-state index >= 15 is 0 Å². The Hall–Kier alpha value is -1.95. The Balaban J connectivity index is 1.42. The minimum atomic E-state index is -0.310. The molecule has 5 nitrogen and oxygen atoms in total. The zero-order valence-corrected chi connectivity index (χ0v) is 13.5. The number of hydrogen-bond donors (Lipinski definition) is 0. The number of benzene rings is 1. The van der Waals surface area contributed by atoms with Crippen LogP contribution in [0.1, 0.15) is 30.9 Å². The molecular weight excluding hydrogens is 311 g/mol. The number of carbonyl (C=O) groups is 2. The first-order chi connectivity index (χ1) is 11.6. The van der Waals surface area contributed by atoms with Gasteiger partial charge in [-0.05, 0) is 30.5 Å². The first-order valence-corrected chi connectivity index (χ1v) is 8.57. The molecule has 1 aliphatic carbocycles. The lowest BCUT2D eigenvalue weighted by molar-refractivity contribution is -0.143. The molecule has 0 unspecified atom stereocenters. The highest BCUT2D eigenvalue weighted by atomic mass is 19.1. The average molecular weight is 332 g/mol. The molecule has 2 saturated heterocycles. The topological polar surface area (TPSA) is 49.9 Å². The van der Waals surface area contributed by atoms with Crippen LogP contribution in [0.25, 0.3) is 0 Å². The standard InChI is InChI=1S/C18H21FN2O3/c19-14-3-1-2-12(8-14)16-11-20(6-7-24-16)18(23)13-9-17(22)21(10-13)15-4-5-15/h1-3,8,13,15-16H,4-7,9-11H2/t13-,16-/m1/s1. The van der Waals surface area contributed by atoms with Crippen molar-refractivity contribution >= 4 is 11.8 Å². The number of amides is 2. The molecule has 3 fully saturated rings. The van der Waals surface area contributed by atoms with Crippen LogP contribution in [-0.4, -0.2) is 53.9 Å². The van der Waals surface area contributed by atoms with Crippen molar-refractivity contribution in [3.63, 3.8) is 0 Å². The van der Waals surface area contributed by atoms with E-state index in [1.165, 1.54) is 12.1 Å². The predicted molar refractivity (Wildman–Crippen MR) is 84.5 cm³/mol. The maximum absolute atomic E-state index is 13.4. The van der Waals surface area contributed by atoms with Gasteiger partial charge in [0.25, 0.3) is 0 Å². The highest BCUT2D eigenvalue weighted by Gasteiger charge is 2.43. The van der Waals surface area contributed by atoms with Crippen LogP contribution in [0, 0.1) is 11.7 Å². The summed E-state index contributed by atoms with van der Waals surface area (Å²) in [5, 5.41) is 0. The molecule has 2 heterocycles. The van der Waals surface area contributed by atoms with Gasteiger partial charge in [0.1, 0.15) is 11.9 Å². The molecule has 24 heavy (non-hydrogen) atoms. The first kappa shape index (κ1) is 15.6. The van der Waals surface area contributed by atoms with Gasteiger partial charge in [0.05, 0.1) is 19.1 Å². The summed E-state index contributed by atoms with van der Waals surface area (Å²) in [6.45, 7) is 1.92. The van der Waals surface area contributed by atoms with Gasteiger partial charge >= 0.3 is 0 Å². The Bertz CT molecular complexity index is 661. The Morgan fingerprint density at radius 3 is 2.83 bits per heavy atom. The maximum atomic E-state index is 13.4. The third-order valence-electron chi connectivity index (χ3n) is 5.09. The molecular formula is C18H21FN2O3. The van der Waals surface area contributed by atoms with Gasteiger partial charge in [-0.1, -0.05) is 12.1 Å². The quantitative estimate of drug-likeness (QED) is 0.847. The summed E-state index contributed by atoms with van der Waals surface area (Å²) in [5.41, 5.74) is 0.745. The Morgan fingerprint density at radius 2 is 2.08 bits per heavy atom. The third kappa shape index (κ3) is 3.02. The molecule has 0 N–H and O–H groups in total. The molecule has 4 rings (SSSR count). The van der Waals surface area contributed by atoms with E-state index in [9.17, 15) is 14.0 Å². The highest BCUT2D eigenvalue weighted by Crippen LogP contribution is 2.33. The molecule has 128 valence electrons. The summed E-state index contributed by atoms with van der Waals surface area (Å²) in [5.74, 6) is -0.424. The minimum absolute atomic E-state index is 0.0243. The normalized spacial score (nSPS) is 27.6. The number of rotatable bonds is 3. The van der Waals surface area contributed by atoms with Crippen molar-refractivity contribution in [3.8, 4) is 0 Å². The van der Waals surface area contributed by atoms with E-state index in [0.29, 0.717) is 38.7 Å². The monoisotopic (exact) mass is 332 g/mol. The molecule has 0 spiro atoms. The van der Waals surface area contributed by atoms with E-state index in [1.807, 2.05) is 11.0 Å². The largest absolute Gasteiger partial charge is 0.370 e. The van der Waals surface area contributed by atoms with Gasteiger partial charge in [-0.15, -0.1) is 0 Å². The van der Waals surface area contributed by atoms with E-state index in [1.54, 1.807) is 11.0 Å². The van der Waals surface area contributed by atoms with Crippen molar-refractivity contribution in [1.29, 1.82) is 0 Å². The summed E-state index contributed by atoms with van der Waals surface area (Å²) in [4.78, 5) is 28.5.